The Morgan fingerprint density at radius 2 is 2.00 bits per heavy atom. The maximum absolute atomic E-state index is 14.2. The summed E-state index contributed by atoms with van der Waals surface area (Å²) in [5.41, 5.74) is 2.12. The molecule has 1 amide bonds. The molecular formula is C22H20FN3O5S2. The van der Waals surface area contributed by atoms with Crippen molar-refractivity contribution >= 4 is 49.7 Å². The number of benzene rings is 2. The molecule has 0 aliphatic carbocycles. The number of aromatic nitrogens is 1. The van der Waals surface area contributed by atoms with Gasteiger partial charge in [-0.05, 0) is 42.3 Å². The van der Waals surface area contributed by atoms with E-state index in [9.17, 15) is 22.4 Å². The molecule has 33 heavy (non-hydrogen) atoms. The van der Waals surface area contributed by atoms with Gasteiger partial charge in [-0.25, -0.2) is 22.6 Å². The van der Waals surface area contributed by atoms with Crippen LogP contribution in [0.4, 0.5) is 20.9 Å². The minimum Gasteiger partial charge on any atom is -0.456 e. The Labute approximate surface area is 194 Å². The maximum atomic E-state index is 14.2. The van der Waals surface area contributed by atoms with Crippen molar-refractivity contribution in [3.8, 4) is 0 Å². The highest BCUT2D eigenvalue weighted by Crippen LogP contribution is 2.32. The van der Waals surface area contributed by atoms with E-state index in [0.29, 0.717) is 29.9 Å². The van der Waals surface area contributed by atoms with Crippen LogP contribution >= 0.6 is 11.3 Å². The van der Waals surface area contributed by atoms with E-state index in [1.807, 2.05) is 0 Å². The lowest BCUT2D eigenvalue weighted by Gasteiger charge is -2.18. The van der Waals surface area contributed by atoms with Crippen LogP contribution in [-0.4, -0.2) is 38.1 Å². The maximum Gasteiger partial charge on any atom is 0.338 e. The molecule has 0 radical (unpaired) electrons. The molecule has 0 atom stereocenters. The lowest BCUT2D eigenvalue weighted by atomic mass is 10.1. The third-order valence-corrected chi connectivity index (χ3v) is 7.11. The topological polar surface area (TPSA) is 96.9 Å². The molecule has 172 valence electrons. The van der Waals surface area contributed by atoms with Gasteiger partial charge in [0, 0.05) is 18.8 Å². The highest BCUT2D eigenvalue weighted by atomic mass is 32.2. The van der Waals surface area contributed by atoms with E-state index in [1.165, 1.54) is 40.4 Å². The summed E-state index contributed by atoms with van der Waals surface area (Å²) in [5, 5.41) is 1.89. The van der Waals surface area contributed by atoms with E-state index in [2.05, 4.69) is 4.98 Å². The third kappa shape index (κ3) is 4.74. The van der Waals surface area contributed by atoms with Crippen molar-refractivity contribution in [2.45, 2.75) is 20.0 Å². The van der Waals surface area contributed by atoms with Crippen LogP contribution in [0.1, 0.15) is 28.5 Å². The monoisotopic (exact) mass is 489 g/mol. The second-order valence-electron chi connectivity index (χ2n) is 7.43. The van der Waals surface area contributed by atoms with Gasteiger partial charge in [0.05, 0.1) is 28.9 Å². The second kappa shape index (κ2) is 8.91. The first-order valence-electron chi connectivity index (χ1n) is 9.92. The van der Waals surface area contributed by atoms with Crippen LogP contribution in [0, 0.1) is 5.82 Å². The largest absolute Gasteiger partial charge is 0.456 e. The Hall–Kier alpha value is -3.31. The van der Waals surface area contributed by atoms with Crippen molar-refractivity contribution in [2.24, 2.45) is 0 Å². The van der Waals surface area contributed by atoms with E-state index in [1.54, 1.807) is 23.6 Å². The Bertz CT molecular complexity index is 1340. The van der Waals surface area contributed by atoms with Gasteiger partial charge in [-0.3, -0.25) is 14.0 Å². The van der Waals surface area contributed by atoms with Crippen LogP contribution in [0.15, 0.2) is 47.8 Å². The zero-order valence-electron chi connectivity index (χ0n) is 17.8. The number of para-hydroxylation sites is 1. The molecule has 1 aliphatic rings. The van der Waals surface area contributed by atoms with Crippen LogP contribution in [0.2, 0.25) is 0 Å². The molecule has 11 heteroatoms. The molecule has 2 heterocycles. The SMILES string of the molecule is CC(=O)N(c1nc(COC(=O)c2ccc3c(c2)CCN3S(C)(=O)=O)cs1)c1ccccc1F. The van der Waals surface area contributed by atoms with Gasteiger partial charge in [0.25, 0.3) is 0 Å². The van der Waals surface area contributed by atoms with Gasteiger partial charge in [-0.2, -0.15) is 0 Å². The molecule has 3 aromatic rings. The van der Waals surface area contributed by atoms with Crippen molar-refractivity contribution in [3.63, 3.8) is 0 Å². The number of carbonyl (C=O) groups excluding carboxylic acids is 2. The first kappa shape index (κ1) is 22.9. The number of nitrogens with zero attached hydrogens (tertiary/aromatic N) is 3. The van der Waals surface area contributed by atoms with Gasteiger partial charge in [0.2, 0.25) is 15.9 Å². The molecule has 0 bridgehead atoms. The molecule has 4 rings (SSSR count). The lowest BCUT2D eigenvalue weighted by Crippen LogP contribution is -2.27. The third-order valence-electron chi connectivity index (χ3n) is 5.06. The summed E-state index contributed by atoms with van der Waals surface area (Å²) in [6, 6.07) is 10.6. The number of halogens is 1. The van der Waals surface area contributed by atoms with Gasteiger partial charge < -0.3 is 4.74 Å². The first-order valence-corrected chi connectivity index (χ1v) is 12.7. The second-order valence-corrected chi connectivity index (χ2v) is 10.2. The van der Waals surface area contributed by atoms with E-state index >= 15 is 0 Å². The molecule has 0 N–H and O–H groups in total. The van der Waals surface area contributed by atoms with E-state index < -0.39 is 27.7 Å². The van der Waals surface area contributed by atoms with Gasteiger partial charge in [0.15, 0.2) is 5.13 Å². The number of hydrogen-bond acceptors (Lipinski definition) is 7. The number of hydrogen-bond donors (Lipinski definition) is 0. The Morgan fingerprint density at radius 3 is 2.70 bits per heavy atom. The average Bonchev–Trinajstić information content (AvgIpc) is 3.39. The summed E-state index contributed by atoms with van der Waals surface area (Å²) >= 11 is 1.13. The van der Waals surface area contributed by atoms with Crippen LogP contribution in [0.3, 0.4) is 0 Å². The van der Waals surface area contributed by atoms with Gasteiger partial charge in [-0.1, -0.05) is 12.1 Å². The Balaban J connectivity index is 1.46. The zero-order chi connectivity index (χ0) is 23.8. The van der Waals surface area contributed by atoms with Gasteiger partial charge in [0.1, 0.15) is 12.4 Å². The number of thiazole rings is 1. The predicted octanol–water partition coefficient (Wildman–Crippen LogP) is 3.65. The Morgan fingerprint density at radius 1 is 1.24 bits per heavy atom. The van der Waals surface area contributed by atoms with E-state index in [4.69, 9.17) is 4.74 Å². The number of amides is 1. The van der Waals surface area contributed by atoms with Gasteiger partial charge >= 0.3 is 5.97 Å². The molecule has 0 fully saturated rings. The molecule has 2 aromatic carbocycles. The fraction of sp³-hybridized carbons (Fsp3) is 0.227. The fourth-order valence-corrected chi connectivity index (χ4v) is 5.39. The lowest BCUT2D eigenvalue weighted by molar-refractivity contribution is -0.115. The minimum atomic E-state index is -3.37. The zero-order valence-corrected chi connectivity index (χ0v) is 19.5. The molecular weight excluding hydrogens is 469 g/mol. The summed E-state index contributed by atoms with van der Waals surface area (Å²) < 4.78 is 44.6. The normalized spacial score (nSPS) is 13.0. The molecule has 0 saturated heterocycles. The Kier molecular flexibility index (Phi) is 6.17. The van der Waals surface area contributed by atoms with Crippen molar-refractivity contribution in [2.75, 3.05) is 22.0 Å². The number of anilines is 3. The van der Waals surface area contributed by atoms with Crippen molar-refractivity contribution in [3.05, 3.63) is 70.5 Å². The highest BCUT2D eigenvalue weighted by Gasteiger charge is 2.27. The summed E-state index contributed by atoms with van der Waals surface area (Å²) in [5.74, 6) is -1.54. The highest BCUT2D eigenvalue weighted by molar-refractivity contribution is 7.92. The summed E-state index contributed by atoms with van der Waals surface area (Å²) in [4.78, 5) is 30.1. The van der Waals surface area contributed by atoms with E-state index in [-0.39, 0.29) is 17.4 Å². The predicted molar refractivity (Wildman–Crippen MR) is 123 cm³/mol. The number of carbonyl (C=O) groups is 2. The molecule has 8 nitrogen and oxygen atoms in total. The van der Waals surface area contributed by atoms with Crippen LogP contribution < -0.4 is 9.21 Å². The molecule has 0 unspecified atom stereocenters. The minimum absolute atomic E-state index is 0.0872. The van der Waals surface area contributed by atoms with Crippen LogP contribution in [-0.2, 0) is 32.6 Å². The van der Waals surface area contributed by atoms with Crippen molar-refractivity contribution < 1.29 is 27.1 Å². The number of ether oxygens (including phenoxy) is 1. The number of fused-ring (bicyclic) bond motifs is 1. The quantitative estimate of drug-likeness (QED) is 0.491. The molecule has 1 aromatic heterocycles. The van der Waals surface area contributed by atoms with Crippen molar-refractivity contribution in [1.29, 1.82) is 0 Å². The van der Waals surface area contributed by atoms with Gasteiger partial charge in [-0.15, -0.1) is 11.3 Å². The van der Waals surface area contributed by atoms with Crippen LogP contribution in [0.5, 0.6) is 0 Å². The average molecular weight is 490 g/mol. The number of esters is 1. The first-order chi connectivity index (χ1) is 15.6. The molecule has 1 aliphatic heterocycles. The molecule has 0 spiro atoms. The van der Waals surface area contributed by atoms with E-state index in [0.717, 1.165) is 23.2 Å². The number of sulfonamides is 1. The smallest absolute Gasteiger partial charge is 0.338 e. The number of rotatable bonds is 6. The van der Waals surface area contributed by atoms with Crippen LogP contribution in [0.25, 0.3) is 0 Å². The summed E-state index contributed by atoms with van der Waals surface area (Å²) in [6.45, 7) is 1.51. The molecule has 0 saturated carbocycles. The summed E-state index contributed by atoms with van der Waals surface area (Å²) in [7, 11) is -3.37. The summed E-state index contributed by atoms with van der Waals surface area (Å²) in [6.07, 6.45) is 1.65. The standard InChI is InChI=1S/C22H20FN3O5S2/c1-14(27)26(20-6-4-3-5-18(20)23)22-24-17(13-32-22)12-31-21(28)16-7-8-19-15(11-16)9-10-25(19)33(2,29)30/h3-8,11,13H,9-10,12H2,1-2H3. The fourth-order valence-electron chi connectivity index (χ4n) is 3.57. The van der Waals surface area contributed by atoms with Crippen molar-refractivity contribution in [1.82, 2.24) is 4.98 Å².